The van der Waals surface area contributed by atoms with Crippen molar-refractivity contribution in [2.75, 3.05) is 12.3 Å². The maximum absolute atomic E-state index is 4.40. The Morgan fingerprint density at radius 1 is 1.57 bits per heavy atom. The third kappa shape index (κ3) is 4.98. The van der Waals surface area contributed by atoms with E-state index in [1.54, 1.807) is 11.3 Å². The third-order valence-electron chi connectivity index (χ3n) is 1.70. The standard InChI is InChI=1S/C10H18N2S2/c1-8(2)11-5-4-6-13-10-12-9(3)7-14-10/h7-8,11H,4-6H2,1-3H3. The molecular weight excluding hydrogens is 212 g/mol. The first-order valence-corrected chi connectivity index (χ1v) is 6.83. The molecule has 0 unspecified atom stereocenters. The second-order valence-electron chi connectivity index (χ2n) is 3.57. The lowest BCUT2D eigenvalue weighted by Gasteiger charge is -2.06. The average Bonchev–Trinajstić information content (AvgIpc) is 2.50. The molecule has 0 atom stereocenters. The molecule has 0 aliphatic rings. The number of nitrogens with zero attached hydrogens (tertiary/aromatic N) is 1. The lowest BCUT2D eigenvalue weighted by molar-refractivity contribution is 0.586. The molecule has 80 valence electrons. The molecule has 0 fully saturated rings. The van der Waals surface area contributed by atoms with Crippen molar-refractivity contribution in [1.29, 1.82) is 0 Å². The second-order valence-corrected chi connectivity index (χ2v) is 5.77. The summed E-state index contributed by atoms with van der Waals surface area (Å²) in [5, 5.41) is 5.51. The molecule has 0 aliphatic carbocycles. The smallest absolute Gasteiger partial charge is 0.150 e. The van der Waals surface area contributed by atoms with Gasteiger partial charge in [0.2, 0.25) is 0 Å². The van der Waals surface area contributed by atoms with E-state index in [-0.39, 0.29) is 0 Å². The number of hydrogen-bond acceptors (Lipinski definition) is 4. The van der Waals surface area contributed by atoms with E-state index in [0.29, 0.717) is 6.04 Å². The Hall–Kier alpha value is -0.0600. The van der Waals surface area contributed by atoms with E-state index >= 15 is 0 Å². The van der Waals surface area contributed by atoms with Crippen molar-refractivity contribution in [3.05, 3.63) is 11.1 Å². The first kappa shape index (κ1) is 12.0. The molecule has 1 heterocycles. The third-order valence-corrected chi connectivity index (χ3v) is 3.92. The van der Waals surface area contributed by atoms with Crippen LogP contribution in [0.25, 0.3) is 0 Å². The highest BCUT2D eigenvalue weighted by molar-refractivity contribution is 8.00. The van der Waals surface area contributed by atoms with Gasteiger partial charge in [0.05, 0.1) is 0 Å². The number of hydrogen-bond donors (Lipinski definition) is 1. The van der Waals surface area contributed by atoms with Crippen LogP contribution in [-0.2, 0) is 0 Å². The minimum Gasteiger partial charge on any atom is -0.315 e. The van der Waals surface area contributed by atoms with Crippen molar-refractivity contribution in [3.63, 3.8) is 0 Å². The van der Waals surface area contributed by atoms with E-state index in [9.17, 15) is 0 Å². The van der Waals surface area contributed by atoms with Gasteiger partial charge in [0.25, 0.3) is 0 Å². The Balaban J connectivity index is 2.04. The van der Waals surface area contributed by atoms with Crippen LogP contribution in [0.4, 0.5) is 0 Å². The zero-order chi connectivity index (χ0) is 10.4. The van der Waals surface area contributed by atoms with Crippen LogP contribution in [0.15, 0.2) is 9.72 Å². The lowest BCUT2D eigenvalue weighted by atomic mass is 10.4. The molecule has 0 radical (unpaired) electrons. The molecule has 0 aromatic carbocycles. The highest BCUT2D eigenvalue weighted by atomic mass is 32.2. The number of nitrogens with one attached hydrogen (secondary N) is 1. The summed E-state index contributed by atoms with van der Waals surface area (Å²) in [6, 6.07) is 0.599. The molecule has 1 N–H and O–H groups in total. The summed E-state index contributed by atoms with van der Waals surface area (Å²) >= 11 is 3.61. The Labute approximate surface area is 94.5 Å². The summed E-state index contributed by atoms with van der Waals surface area (Å²) in [5.41, 5.74) is 1.14. The molecule has 4 heteroatoms. The van der Waals surface area contributed by atoms with Gasteiger partial charge in [0.1, 0.15) is 4.34 Å². The highest BCUT2D eigenvalue weighted by Crippen LogP contribution is 2.22. The quantitative estimate of drug-likeness (QED) is 0.601. The van der Waals surface area contributed by atoms with Crippen molar-refractivity contribution in [1.82, 2.24) is 10.3 Å². The second kappa shape index (κ2) is 6.43. The molecule has 0 saturated heterocycles. The van der Waals surface area contributed by atoms with E-state index in [1.807, 2.05) is 18.7 Å². The zero-order valence-corrected chi connectivity index (χ0v) is 10.7. The van der Waals surface area contributed by atoms with E-state index in [2.05, 4.69) is 29.5 Å². The van der Waals surface area contributed by atoms with Gasteiger partial charge < -0.3 is 5.32 Å². The van der Waals surface area contributed by atoms with Crippen molar-refractivity contribution in [3.8, 4) is 0 Å². The average molecular weight is 230 g/mol. The largest absolute Gasteiger partial charge is 0.315 e. The van der Waals surface area contributed by atoms with Gasteiger partial charge in [0.15, 0.2) is 0 Å². The predicted octanol–water partition coefficient (Wildman–Crippen LogP) is 2.93. The minimum atomic E-state index is 0.599. The van der Waals surface area contributed by atoms with Crippen LogP contribution < -0.4 is 5.32 Å². The van der Waals surface area contributed by atoms with E-state index in [4.69, 9.17) is 0 Å². The molecule has 14 heavy (non-hydrogen) atoms. The van der Waals surface area contributed by atoms with Crippen LogP contribution in [0.1, 0.15) is 26.0 Å². The molecule has 1 rings (SSSR count). The van der Waals surface area contributed by atoms with Crippen molar-refractivity contribution in [2.24, 2.45) is 0 Å². The van der Waals surface area contributed by atoms with Crippen LogP contribution in [0.2, 0.25) is 0 Å². The molecule has 0 amide bonds. The fourth-order valence-corrected chi connectivity index (χ4v) is 2.88. The fourth-order valence-electron chi connectivity index (χ4n) is 1.02. The topological polar surface area (TPSA) is 24.9 Å². The number of rotatable bonds is 6. The van der Waals surface area contributed by atoms with Gasteiger partial charge in [-0.15, -0.1) is 11.3 Å². The summed E-state index contributed by atoms with van der Waals surface area (Å²) in [5.74, 6) is 1.16. The number of thiazole rings is 1. The molecule has 1 aromatic rings. The Kier molecular flexibility index (Phi) is 5.52. The van der Waals surface area contributed by atoms with Crippen molar-refractivity contribution >= 4 is 23.1 Å². The Morgan fingerprint density at radius 2 is 2.36 bits per heavy atom. The normalized spacial score (nSPS) is 11.1. The number of thioether (sulfide) groups is 1. The summed E-state index contributed by atoms with van der Waals surface area (Å²) in [6.07, 6.45) is 1.21. The first-order valence-electron chi connectivity index (χ1n) is 4.97. The fraction of sp³-hybridized carbons (Fsp3) is 0.700. The SMILES string of the molecule is Cc1csc(SCCCNC(C)C)n1. The van der Waals surface area contributed by atoms with Gasteiger partial charge in [0, 0.05) is 22.9 Å². The molecule has 0 aliphatic heterocycles. The lowest BCUT2D eigenvalue weighted by Crippen LogP contribution is -2.23. The maximum atomic E-state index is 4.40. The zero-order valence-electron chi connectivity index (χ0n) is 9.04. The molecule has 0 saturated carbocycles. The molecule has 0 bridgehead atoms. The van der Waals surface area contributed by atoms with Gasteiger partial charge in [-0.2, -0.15) is 0 Å². The summed E-state index contributed by atoms with van der Waals surface area (Å²) in [7, 11) is 0. The summed E-state index contributed by atoms with van der Waals surface area (Å²) in [6.45, 7) is 7.50. The van der Waals surface area contributed by atoms with Gasteiger partial charge in [-0.05, 0) is 19.9 Å². The van der Waals surface area contributed by atoms with Crippen LogP contribution in [0.3, 0.4) is 0 Å². The summed E-state index contributed by atoms with van der Waals surface area (Å²) in [4.78, 5) is 4.40. The Bertz CT molecular complexity index is 258. The molecule has 0 spiro atoms. The van der Waals surface area contributed by atoms with Crippen LogP contribution in [0, 0.1) is 6.92 Å². The monoisotopic (exact) mass is 230 g/mol. The van der Waals surface area contributed by atoms with Crippen molar-refractivity contribution in [2.45, 2.75) is 37.6 Å². The van der Waals surface area contributed by atoms with E-state index in [1.165, 1.54) is 10.8 Å². The first-order chi connectivity index (χ1) is 6.68. The molecule has 1 aromatic heterocycles. The van der Waals surface area contributed by atoms with Crippen LogP contribution in [0.5, 0.6) is 0 Å². The van der Waals surface area contributed by atoms with Gasteiger partial charge in [-0.3, -0.25) is 0 Å². The summed E-state index contributed by atoms with van der Waals surface area (Å²) < 4.78 is 1.20. The molecule has 2 nitrogen and oxygen atoms in total. The predicted molar refractivity (Wildman–Crippen MR) is 65.3 cm³/mol. The minimum absolute atomic E-state index is 0.599. The van der Waals surface area contributed by atoms with Gasteiger partial charge in [-0.25, -0.2) is 4.98 Å². The van der Waals surface area contributed by atoms with E-state index < -0.39 is 0 Å². The van der Waals surface area contributed by atoms with E-state index in [0.717, 1.165) is 18.0 Å². The van der Waals surface area contributed by atoms with Gasteiger partial charge >= 0.3 is 0 Å². The van der Waals surface area contributed by atoms with Crippen LogP contribution in [-0.4, -0.2) is 23.3 Å². The Morgan fingerprint density at radius 3 is 2.93 bits per heavy atom. The van der Waals surface area contributed by atoms with Gasteiger partial charge in [-0.1, -0.05) is 25.6 Å². The maximum Gasteiger partial charge on any atom is 0.150 e. The highest BCUT2D eigenvalue weighted by Gasteiger charge is 1.98. The number of aromatic nitrogens is 1. The number of aryl methyl sites for hydroxylation is 1. The van der Waals surface area contributed by atoms with Crippen LogP contribution >= 0.6 is 23.1 Å². The molecular formula is C10H18N2S2. The van der Waals surface area contributed by atoms with Crippen molar-refractivity contribution < 1.29 is 0 Å².